The molecule has 10 heavy (non-hydrogen) atoms. The summed E-state index contributed by atoms with van der Waals surface area (Å²) in [6.45, 7) is 0. The molecular formula is C5H14Cl3NSi. The van der Waals surface area contributed by atoms with Crippen LogP contribution in [0.2, 0.25) is 6.04 Å². The van der Waals surface area contributed by atoms with Gasteiger partial charge in [0.15, 0.2) is 3.79 Å². The van der Waals surface area contributed by atoms with Gasteiger partial charge >= 0.3 is 0 Å². The molecule has 0 atom stereocenters. The highest BCUT2D eigenvalue weighted by molar-refractivity contribution is 6.69. The van der Waals surface area contributed by atoms with Gasteiger partial charge in [-0.3, -0.25) is 0 Å². The first-order valence-electron chi connectivity index (χ1n) is 2.97. The second-order valence-electron chi connectivity index (χ2n) is 2.31. The van der Waals surface area contributed by atoms with Gasteiger partial charge in [-0.15, -0.1) is 0 Å². The molecule has 0 rings (SSSR count). The van der Waals surface area contributed by atoms with Gasteiger partial charge in [0, 0.05) is 10.2 Å². The van der Waals surface area contributed by atoms with Crippen molar-refractivity contribution in [2.45, 2.75) is 9.84 Å². The maximum atomic E-state index is 5.28. The number of hydrogen-bond donors (Lipinski definition) is 0. The van der Waals surface area contributed by atoms with Gasteiger partial charge in [0.05, 0.1) is 0 Å². The van der Waals surface area contributed by atoms with E-state index in [2.05, 4.69) is 0 Å². The minimum absolute atomic E-state index is 0.706. The SMILES string of the molecule is CN(C)C.[SiH3]CC(Cl)(Cl)Cl. The third-order valence-corrected chi connectivity index (χ3v) is 3.61. The quantitative estimate of drug-likeness (QED) is 0.441. The molecular weight excluding hydrogens is 209 g/mol. The summed E-state index contributed by atoms with van der Waals surface area (Å²) in [5.41, 5.74) is 0. The van der Waals surface area contributed by atoms with E-state index in [-0.39, 0.29) is 0 Å². The molecule has 0 aliphatic carbocycles. The van der Waals surface area contributed by atoms with Crippen molar-refractivity contribution >= 4 is 45.0 Å². The number of hydrogen-bond acceptors (Lipinski definition) is 1. The lowest BCUT2D eigenvalue weighted by molar-refractivity contribution is 0.505. The van der Waals surface area contributed by atoms with Crippen molar-refractivity contribution < 1.29 is 0 Å². The summed E-state index contributed by atoms with van der Waals surface area (Å²) < 4.78 is -0.980. The third-order valence-electron chi connectivity index (χ3n) is 0.401. The highest BCUT2D eigenvalue weighted by Gasteiger charge is 2.14. The number of halogens is 3. The smallest absolute Gasteiger partial charge is 0.187 e. The van der Waals surface area contributed by atoms with E-state index in [0.29, 0.717) is 6.04 Å². The zero-order valence-corrected chi connectivity index (χ0v) is 11.1. The van der Waals surface area contributed by atoms with Crippen molar-refractivity contribution in [3.05, 3.63) is 0 Å². The zero-order valence-electron chi connectivity index (χ0n) is 6.79. The maximum Gasteiger partial charge on any atom is 0.187 e. The van der Waals surface area contributed by atoms with Crippen LogP contribution in [0.4, 0.5) is 0 Å². The highest BCUT2D eigenvalue weighted by atomic mass is 35.6. The second kappa shape index (κ2) is 6.74. The minimum atomic E-state index is -0.980. The average Bonchev–Trinajstić information content (AvgIpc) is 1.63. The van der Waals surface area contributed by atoms with Crippen LogP contribution in [0.25, 0.3) is 0 Å². The molecule has 5 heteroatoms. The van der Waals surface area contributed by atoms with Gasteiger partial charge in [0.2, 0.25) is 0 Å². The standard InChI is InChI=1S/C3H9N.C2H5Cl3Si/c1-4(2)3;3-2(4,5)1-6/h1-3H3;1H2,6H3. The van der Waals surface area contributed by atoms with Crippen LogP contribution in [0.1, 0.15) is 0 Å². The number of rotatable bonds is 0. The Morgan fingerprint density at radius 3 is 1.30 bits per heavy atom. The first-order chi connectivity index (χ1) is 4.29. The average molecular weight is 223 g/mol. The fourth-order valence-electron chi connectivity index (χ4n) is 0. The van der Waals surface area contributed by atoms with E-state index < -0.39 is 3.79 Å². The van der Waals surface area contributed by atoms with E-state index in [4.69, 9.17) is 34.8 Å². The van der Waals surface area contributed by atoms with Crippen molar-refractivity contribution in [2.24, 2.45) is 0 Å². The number of alkyl halides is 3. The van der Waals surface area contributed by atoms with E-state index in [1.54, 1.807) is 0 Å². The first-order valence-corrected chi connectivity index (χ1v) is 5.52. The molecule has 0 heterocycles. The summed E-state index contributed by atoms with van der Waals surface area (Å²) in [6.07, 6.45) is 0. The van der Waals surface area contributed by atoms with Crippen LogP contribution >= 0.6 is 34.8 Å². The second-order valence-corrected chi connectivity index (χ2v) is 5.53. The Hall–Kier alpha value is 1.05. The van der Waals surface area contributed by atoms with Crippen LogP contribution in [-0.4, -0.2) is 40.1 Å². The van der Waals surface area contributed by atoms with Gasteiger partial charge in [0.25, 0.3) is 0 Å². The van der Waals surface area contributed by atoms with Gasteiger partial charge in [-0.1, -0.05) is 34.8 Å². The molecule has 0 fully saturated rings. The minimum Gasteiger partial charge on any atom is -0.312 e. The Kier molecular flexibility index (Phi) is 9.18. The van der Waals surface area contributed by atoms with Crippen molar-refractivity contribution in [3.63, 3.8) is 0 Å². The summed E-state index contributed by atoms with van der Waals surface area (Å²) >= 11 is 15.8. The van der Waals surface area contributed by atoms with Crippen LogP contribution in [-0.2, 0) is 0 Å². The predicted octanol–water partition coefficient (Wildman–Crippen LogP) is 1.32. The predicted molar refractivity (Wildman–Crippen MR) is 54.6 cm³/mol. The Bertz CT molecular complexity index is 69.0. The van der Waals surface area contributed by atoms with E-state index >= 15 is 0 Å². The Morgan fingerprint density at radius 2 is 1.30 bits per heavy atom. The van der Waals surface area contributed by atoms with Crippen LogP contribution in [0.15, 0.2) is 0 Å². The van der Waals surface area contributed by atoms with E-state index in [9.17, 15) is 0 Å². The summed E-state index contributed by atoms with van der Waals surface area (Å²) in [5, 5.41) is 0. The fraction of sp³-hybridized carbons (Fsp3) is 1.00. The van der Waals surface area contributed by atoms with Gasteiger partial charge < -0.3 is 4.90 Å². The molecule has 0 aromatic heterocycles. The molecule has 0 spiro atoms. The molecule has 0 aromatic rings. The van der Waals surface area contributed by atoms with Crippen molar-refractivity contribution in [2.75, 3.05) is 21.1 Å². The van der Waals surface area contributed by atoms with E-state index in [1.807, 2.05) is 26.0 Å². The Morgan fingerprint density at radius 1 is 1.20 bits per heavy atom. The molecule has 0 amide bonds. The third kappa shape index (κ3) is 35.8. The molecule has 0 N–H and O–H groups in total. The molecule has 0 bridgehead atoms. The molecule has 0 aliphatic rings. The van der Waals surface area contributed by atoms with E-state index in [1.165, 1.54) is 0 Å². The summed E-state index contributed by atoms with van der Waals surface area (Å²) in [4.78, 5) is 2.00. The van der Waals surface area contributed by atoms with Crippen molar-refractivity contribution in [3.8, 4) is 0 Å². The molecule has 0 saturated heterocycles. The van der Waals surface area contributed by atoms with Gasteiger partial charge in [-0.05, 0) is 27.2 Å². The van der Waals surface area contributed by atoms with E-state index in [0.717, 1.165) is 10.2 Å². The lowest BCUT2D eigenvalue weighted by atomic mass is 10.9. The maximum absolute atomic E-state index is 5.28. The zero-order chi connectivity index (χ0) is 8.78. The summed E-state index contributed by atoms with van der Waals surface area (Å²) in [5.74, 6) is 0. The van der Waals surface area contributed by atoms with Crippen LogP contribution < -0.4 is 0 Å². The van der Waals surface area contributed by atoms with Gasteiger partial charge in [0.1, 0.15) is 0 Å². The van der Waals surface area contributed by atoms with Crippen molar-refractivity contribution in [1.82, 2.24) is 4.90 Å². The molecule has 0 aromatic carbocycles. The molecule has 0 aliphatic heterocycles. The molecule has 0 unspecified atom stereocenters. The Labute approximate surface area is 81.0 Å². The Balaban J connectivity index is 0. The summed E-state index contributed by atoms with van der Waals surface area (Å²) in [6, 6.07) is 0.706. The van der Waals surface area contributed by atoms with Crippen LogP contribution in [0.5, 0.6) is 0 Å². The van der Waals surface area contributed by atoms with Gasteiger partial charge in [-0.25, -0.2) is 0 Å². The lowest BCUT2D eigenvalue weighted by Crippen LogP contribution is -1.99. The largest absolute Gasteiger partial charge is 0.312 e. The molecule has 1 nitrogen and oxygen atoms in total. The molecule has 64 valence electrons. The van der Waals surface area contributed by atoms with Gasteiger partial charge in [-0.2, -0.15) is 0 Å². The van der Waals surface area contributed by atoms with Crippen molar-refractivity contribution in [1.29, 1.82) is 0 Å². The van der Waals surface area contributed by atoms with Crippen LogP contribution in [0, 0.1) is 0 Å². The number of nitrogens with zero attached hydrogens (tertiary/aromatic N) is 1. The fourth-order valence-corrected chi connectivity index (χ4v) is 0. The molecule has 0 saturated carbocycles. The monoisotopic (exact) mass is 221 g/mol. The highest BCUT2D eigenvalue weighted by Crippen LogP contribution is 2.28. The normalized spacial score (nSPS) is 11.1. The van der Waals surface area contributed by atoms with Crippen LogP contribution in [0.3, 0.4) is 0 Å². The summed E-state index contributed by atoms with van der Waals surface area (Å²) in [7, 11) is 6.95. The topological polar surface area (TPSA) is 3.24 Å². The molecule has 0 radical (unpaired) electrons. The lowest BCUT2D eigenvalue weighted by Gasteiger charge is -2.02. The first kappa shape index (κ1) is 13.6.